The summed E-state index contributed by atoms with van der Waals surface area (Å²) in [6, 6.07) is 19.8. The first-order chi connectivity index (χ1) is 16.6. The second-order valence-electron chi connectivity index (χ2n) is 7.34. The lowest BCUT2D eigenvalue weighted by atomic mass is 10.2. The second kappa shape index (κ2) is 12.1. The van der Waals surface area contributed by atoms with Crippen LogP contribution in [0, 0.1) is 18.8 Å². The number of guanidine groups is 1. The molecule has 0 aliphatic rings. The first kappa shape index (κ1) is 26.6. The second-order valence-corrected chi connectivity index (χ2v) is 10.8. The number of rotatable bonds is 6. The number of aryl methyl sites for hydroxylation is 1. The Hall–Kier alpha value is -2.96. The fraction of sp³-hybridized carbons (Fsp3) is 0.120. The molecule has 0 saturated heterocycles. The first-order valence-electron chi connectivity index (χ1n) is 10.3. The molecular formula is C25H22Cl2N4O2S2. The van der Waals surface area contributed by atoms with Crippen molar-refractivity contribution in [3.8, 4) is 11.8 Å². The number of thioether (sulfide) groups is 1. The van der Waals surface area contributed by atoms with Crippen LogP contribution in [0.5, 0.6) is 0 Å². The summed E-state index contributed by atoms with van der Waals surface area (Å²) in [5, 5.41) is 5.04. The number of halogens is 2. The van der Waals surface area contributed by atoms with E-state index in [0.717, 1.165) is 11.1 Å². The fourth-order valence-corrected chi connectivity index (χ4v) is 5.67. The summed E-state index contributed by atoms with van der Waals surface area (Å²) in [4.78, 5) is 0.450. The summed E-state index contributed by atoms with van der Waals surface area (Å²) < 4.78 is 29.9. The maximum absolute atomic E-state index is 13.1. The summed E-state index contributed by atoms with van der Waals surface area (Å²) in [5.41, 5.74) is 11.0. The molecule has 3 rings (SSSR count). The minimum Gasteiger partial charge on any atom is -0.368 e. The molecule has 6 nitrogen and oxygen atoms in total. The molecule has 180 valence electrons. The van der Waals surface area contributed by atoms with Gasteiger partial charge in [-0.1, -0.05) is 59.5 Å². The smallest absolute Gasteiger partial charge is 0.286 e. The summed E-state index contributed by atoms with van der Waals surface area (Å²) in [6.07, 6.45) is 0. The van der Waals surface area contributed by atoms with Crippen molar-refractivity contribution in [2.45, 2.75) is 29.4 Å². The van der Waals surface area contributed by atoms with Crippen LogP contribution in [-0.4, -0.2) is 20.1 Å². The van der Waals surface area contributed by atoms with Gasteiger partial charge < -0.3 is 5.73 Å². The molecule has 0 aliphatic heterocycles. The molecule has 0 radical (unpaired) electrons. The third kappa shape index (κ3) is 8.05. The highest BCUT2D eigenvalue weighted by molar-refractivity contribution is 7.99. The number of hydrazone groups is 1. The largest absolute Gasteiger partial charge is 0.368 e. The monoisotopic (exact) mass is 544 g/mol. The fourth-order valence-electron chi connectivity index (χ4n) is 2.79. The summed E-state index contributed by atoms with van der Waals surface area (Å²) in [5.74, 6) is 5.91. The highest BCUT2D eigenvalue weighted by Gasteiger charge is 2.21. The maximum atomic E-state index is 13.1. The van der Waals surface area contributed by atoms with Crippen molar-refractivity contribution in [1.29, 1.82) is 0 Å². The Balaban J connectivity index is 1.81. The molecule has 0 amide bonds. The average Bonchev–Trinajstić information content (AvgIpc) is 2.82. The molecular weight excluding hydrogens is 523 g/mol. The van der Waals surface area contributed by atoms with E-state index in [4.69, 9.17) is 28.9 Å². The van der Waals surface area contributed by atoms with Crippen molar-refractivity contribution < 1.29 is 8.42 Å². The highest BCUT2D eigenvalue weighted by atomic mass is 35.5. The molecule has 0 aliphatic carbocycles. The van der Waals surface area contributed by atoms with Crippen LogP contribution in [0.2, 0.25) is 10.0 Å². The molecule has 0 atom stereocenters. The van der Waals surface area contributed by atoms with Crippen molar-refractivity contribution in [3.63, 3.8) is 0 Å². The van der Waals surface area contributed by atoms with Gasteiger partial charge in [0.25, 0.3) is 10.0 Å². The van der Waals surface area contributed by atoms with E-state index in [2.05, 4.69) is 26.8 Å². The van der Waals surface area contributed by atoms with E-state index in [9.17, 15) is 8.42 Å². The van der Waals surface area contributed by atoms with E-state index in [1.54, 1.807) is 26.0 Å². The summed E-state index contributed by atoms with van der Waals surface area (Å²) >= 11 is 13.6. The van der Waals surface area contributed by atoms with Crippen LogP contribution in [0.25, 0.3) is 0 Å². The van der Waals surface area contributed by atoms with E-state index in [-0.39, 0.29) is 10.9 Å². The first-order valence-corrected chi connectivity index (χ1v) is 13.5. The van der Waals surface area contributed by atoms with Crippen molar-refractivity contribution in [3.05, 3.63) is 93.5 Å². The van der Waals surface area contributed by atoms with Crippen LogP contribution in [-0.2, 0) is 15.8 Å². The maximum Gasteiger partial charge on any atom is 0.286 e. The van der Waals surface area contributed by atoms with Gasteiger partial charge in [0, 0.05) is 26.3 Å². The van der Waals surface area contributed by atoms with E-state index in [1.165, 1.54) is 17.8 Å². The van der Waals surface area contributed by atoms with Gasteiger partial charge in [-0.2, -0.15) is 13.5 Å². The number of sulfonamides is 1. The molecule has 0 heterocycles. The Morgan fingerprint density at radius 2 is 1.83 bits per heavy atom. The SMILES string of the molecule is C/C(C#Cc1ccccc1)=N\N/C(N)=N/S(=O)(=O)c1cc(C)c(Cl)cc1SCc1cccc(Cl)c1. The van der Waals surface area contributed by atoms with Gasteiger partial charge >= 0.3 is 0 Å². The Morgan fingerprint density at radius 3 is 2.54 bits per heavy atom. The molecule has 35 heavy (non-hydrogen) atoms. The predicted octanol–water partition coefficient (Wildman–Crippen LogP) is 5.61. The minimum atomic E-state index is -4.16. The number of nitrogens with two attached hydrogens (primary N) is 1. The van der Waals surface area contributed by atoms with Crippen LogP contribution in [0.15, 0.2) is 86.0 Å². The van der Waals surface area contributed by atoms with E-state index in [0.29, 0.717) is 32.0 Å². The third-order valence-corrected chi connectivity index (χ3v) is 7.73. The Bertz CT molecular complexity index is 1450. The lowest BCUT2D eigenvalue weighted by Crippen LogP contribution is -2.29. The highest BCUT2D eigenvalue weighted by Crippen LogP contribution is 2.34. The van der Waals surface area contributed by atoms with Crippen molar-refractivity contribution in [2.24, 2.45) is 15.2 Å². The summed E-state index contributed by atoms with van der Waals surface area (Å²) in [7, 11) is -4.16. The van der Waals surface area contributed by atoms with Gasteiger partial charge in [-0.05, 0) is 67.3 Å². The van der Waals surface area contributed by atoms with Gasteiger partial charge in [-0.15, -0.1) is 16.2 Å². The zero-order valence-corrected chi connectivity index (χ0v) is 22.1. The van der Waals surface area contributed by atoms with Gasteiger partial charge in [0.1, 0.15) is 10.6 Å². The van der Waals surface area contributed by atoms with Crippen molar-refractivity contribution in [1.82, 2.24) is 5.43 Å². The number of hydrogen-bond donors (Lipinski definition) is 2. The Labute approximate surface area is 219 Å². The lowest BCUT2D eigenvalue weighted by Gasteiger charge is -2.11. The molecule has 0 aromatic heterocycles. The molecule has 0 bridgehead atoms. The zero-order valence-electron chi connectivity index (χ0n) is 18.9. The van der Waals surface area contributed by atoms with Gasteiger partial charge in [0.2, 0.25) is 5.96 Å². The molecule has 10 heteroatoms. The van der Waals surface area contributed by atoms with Crippen LogP contribution in [0.1, 0.15) is 23.6 Å². The van der Waals surface area contributed by atoms with Crippen LogP contribution in [0.3, 0.4) is 0 Å². The third-order valence-electron chi connectivity index (χ3n) is 4.50. The lowest BCUT2D eigenvalue weighted by molar-refractivity contribution is 0.595. The molecule has 0 saturated carbocycles. The summed E-state index contributed by atoms with van der Waals surface area (Å²) in [6.45, 7) is 3.38. The van der Waals surface area contributed by atoms with Crippen LogP contribution in [0.4, 0.5) is 0 Å². The van der Waals surface area contributed by atoms with E-state index < -0.39 is 10.0 Å². The Morgan fingerprint density at radius 1 is 1.09 bits per heavy atom. The minimum absolute atomic E-state index is 0.000693. The Kier molecular flexibility index (Phi) is 9.24. The number of benzene rings is 3. The van der Waals surface area contributed by atoms with E-state index in [1.807, 2.05) is 48.5 Å². The van der Waals surface area contributed by atoms with Gasteiger partial charge in [0.05, 0.1) is 0 Å². The number of nitrogens with zero attached hydrogens (tertiary/aromatic N) is 2. The predicted molar refractivity (Wildman–Crippen MR) is 146 cm³/mol. The zero-order chi connectivity index (χ0) is 25.4. The quantitative estimate of drug-likeness (QED) is 0.138. The van der Waals surface area contributed by atoms with Crippen LogP contribution < -0.4 is 11.2 Å². The number of nitrogens with one attached hydrogen (secondary N) is 1. The molecule has 0 unspecified atom stereocenters. The van der Waals surface area contributed by atoms with E-state index >= 15 is 0 Å². The normalized spacial score (nSPS) is 12.1. The molecule has 0 fully saturated rings. The van der Waals surface area contributed by atoms with Crippen molar-refractivity contribution >= 4 is 56.7 Å². The van der Waals surface area contributed by atoms with Gasteiger partial charge in [-0.25, -0.2) is 5.43 Å². The van der Waals surface area contributed by atoms with Gasteiger partial charge in [-0.3, -0.25) is 0 Å². The van der Waals surface area contributed by atoms with Gasteiger partial charge in [0.15, 0.2) is 0 Å². The topological polar surface area (TPSA) is 96.9 Å². The van der Waals surface area contributed by atoms with Crippen molar-refractivity contribution in [2.75, 3.05) is 0 Å². The molecule has 3 aromatic rings. The van der Waals surface area contributed by atoms with Crippen LogP contribution >= 0.6 is 35.0 Å². The molecule has 3 aromatic carbocycles. The molecule has 0 spiro atoms. The number of hydrogen-bond acceptors (Lipinski definition) is 4. The average molecular weight is 546 g/mol. The molecule has 3 N–H and O–H groups in total. The standard InChI is InChI=1S/C25H22Cl2N4O2S2/c1-17-13-24(23(15-22(17)27)34-16-20-9-6-10-21(26)14-20)35(32,33)31-25(28)30-29-18(2)11-12-19-7-4-3-5-8-19/h3-10,13-15H,16H2,1-2H3,(H3,28,30,31)/b29-18+.